The van der Waals surface area contributed by atoms with Crippen LogP contribution in [0.1, 0.15) is 53.4 Å². The molecule has 0 N–H and O–H groups in total. The molecule has 0 radical (unpaired) electrons. The first-order valence-electron chi connectivity index (χ1n) is 5.83. The van der Waals surface area contributed by atoms with E-state index in [0.717, 1.165) is 11.8 Å². The zero-order chi connectivity index (χ0) is 10.1. The molecule has 0 aliphatic heterocycles. The minimum absolute atomic E-state index is 0.439. The van der Waals surface area contributed by atoms with Gasteiger partial charge in [-0.3, -0.25) is 0 Å². The molecule has 0 amide bonds. The third kappa shape index (κ3) is 12.6. The first-order valence-corrected chi connectivity index (χ1v) is 8.80. The van der Waals surface area contributed by atoms with Crippen molar-refractivity contribution in [2.45, 2.75) is 63.8 Å². The van der Waals surface area contributed by atoms with Crippen molar-refractivity contribution in [3.8, 4) is 0 Å². The van der Waals surface area contributed by atoms with Crippen molar-refractivity contribution in [2.24, 2.45) is 11.8 Å². The van der Waals surface area contributed by atoms with E-state index in [-0.39, 0.29) is 0 Å². The van der Waals surface area contributed by atoms with Gasteiger partial charge in [-0.1, -0.05) is 0 Å². The van der Waals surface area contributed by atoms with Crippen molar-refractivity contribution in [3.63, 3.8) is 0 Å². The van der Waals surface area contributed by atoms with Gasteiger partial charge in [0.1, 0.15) is 0 Å². The third-order valence-electron chi connectivity index (χ3n) is 2.27. The van der Waals surface area contributed by atoms with Crippen LogP contribution >= 0.6 is 0 Å². The van der Waals surface area contributed by atoms with E-state index in [1.54, 1.807) is 10.4 Å². The van der Waals surface area contributed by atoms with Crippen LogP contribution in [0.2, 0.25) is 10.4 Å². The fraction of sp³-hybridized carbons (Fsp3) is 1.00. The second-order valence-electron chi connectivity index (χ2n) is 4.82. The van der Waals surface area contributed by atoms with Gasteiger partial charge in [-0.15, -0.1) is 0 Å². The molecule has 80 valence electrons. The SMILES string of the molecule is CC(C)CCC[AsH]CCCC(C)C. The van der Waals surface area contributed by atoms with Crippen LogP contribution in [0.15, 0.2) is 0 Å². The van der Waals surface area contributed by atoms with Crippen LogP contribution in [0.5, 0.6) is 0 Å². The van der Waals surface area contributed by atoms with Gasteiger partial charge >= 0.3 is 91.4 Å². The summed E-state index contributed by atoms with van der Waals surface area (Å²) in [6.07, 6.45) is 5.90. The molecule has 0 unspecified atom stereocenters. The fourth-order valence-corrected chi connectivity index (χ4v) is 3.83. The van der Waals surface area contributed by atoms with E-state index in [9.17, 15) is 0 Å². The predicted octanol–water partition coefficient (Wildman–Crippen LogP) is 4.13. The Kier molecular flexibility index (Phi) is 9.52. The van der Waals surface area contributed by atoms with Crippen molar-refractivity contribution in [1.29, 1.82) is 0 Å². The molecule has 0 heterocycles. The summed E-state index contributed by atoms with van der Waals surface area (Å²) in [7, 11) is 0. The van der Waals surface area contributed by atoms with Crippen molar-refractivity contribution in [1.82, 2.24) is 0 Å². The van der Waals surface area contributed by atoms with Crippen LogP contribution in [-0.4, -0.2) is 15.8 Å². The zero-order valence-electron chi connectivity index (χ0n) is 9.90. The van der Waals surface area contributed by atoms with Crippen LogP contribution in [0, 0.1) is 11.8 Å². The summed E-state index contributed by atoms with van der Waals surface area (Å²) in [5.41, 5.74) is 0. The van der Waals surface area contributed by atoms with Gasteiger partial charge in [0, 0.05) is 0 Å². The molecule has 0 atom stereocenters. The van der Waals surface area contributed by atoms with E-state index in [1.807, 2.05) is 0 Å². The van der Waals surface area contributed by atoms with Crippen LogP contribution in [0.25, 0.3) is 0 Å². The Morgan fingerprint density at radius 2 is 1.15 bits per heavy atom. The number of hydrogen-bond donors (Lipinski definition) is 0. The molecule has 0 aromatic rings. The molecule has 1 heteroatoms. The van der Waals surface area contributed by atoms with Gasteiger partial charge in [-0.2, -0.15) is 0 Å². The van der Waals surface area contributed by atoms with Gasteiger partial charge in [-0.25, -0.2) is 0 Å². The molecule has 0 saturated carbocycles. The van der Waals surface area contributed by atoms with Crippen molar-refractivity contribution in [2.75, 3.05) is 0 Å². The molecule has 0 aromatic heterocycles. The van der Waals surface area contributed by atoms with Crippen molar-refractivity contribution in [3.05, 3.63) is 0 Å². The molecule has 0 aromatic carbocycles. The minimum atomic E-state index is 0.439. The molecule has 0 nitrogen and oxygen atoms in total. The normalized spacial score (nSPS) is 11.5. The Morgan fingerprint density at radius 1 is 0.769 bits per heavy atom. The summed E-state index contributed by atoms with van der Waals surface area (Å²) in [5.74, 6) is 1.84. The summed E-state index contributed by atoms with van der Waals surface area (Å²) < 4.78 is 0. The topological polar surface area (TPSA) is 0 Å². The van der Waals surface area contributed by atoms with Crippen LogP contribution in [0.3, 0.4) is 0 Å². The maximum absolute atomic E-state index is 2.33. The molecule has 13 heavy (non-hydrogen) atoms. The van der Waals surface area contributed by atoms with Crippen molar-refractivity contribution >= 4 is 15.8 Å². The molecule has 0 aliphatic carbocycles. The first kappa shape index (κ1) is 13.6. The number of hydrogen-bond acceptors (Lipinski definition) is 0. The summed E-state index contributed by atoms with van der Waals surface area (Å²) in [6, 6.07) is 0. The molecular formula is C12H27As. The second-order valence-corrected chi connectivity index (χ2v) is 7.97. The Morgan fingerprint density at radius 3 is 1.46 bits per heavy atom. The van der Waals surface area contributed by atoms with Crippen LogP contribution < -0.4 is 0 Å². The molecule has 0 bridgehead atoms. The number of rotatable bonds is 8. The Labute approximate surface area is 91.6 Å². The van der Waals surface area contributed by atoms with Crippen LogP contribution in [0.4, 0.5) is 0 Å². The summed E-state index contributed by atoms with van der Waals surface area (Å²) in [6.45, 7) is 9.33. The standard InChI is InChI=1S/C12H27As/c1-11(2)7-5-9-13-10-6-8-12(3)4/h11-13H,5-10H2,1-4H3. The van der Waals surface area contributed by atoms with Crippen molar-refractivity contribution < 1.29 is 0 Å². The Hall–Kier alpha value is 0.558. The molecule has 0 fully saturated rings. The summed E-state index contributed by atoms with van der Waals surface area (Å²) in [4.78, 5) is 0. The fourth-order valence-electron chi connectivity index (χ4n) is 1.40. The van der Waals surface area contributed by atoms with E-state index in [4.69, 9.17) is 0 Å². The zero-order valence-corrected chi connectivity index (χ0v) is 12.0. The summed E-state index contributed by atoms with van der Waals surface area (Å²) in [5, 5.41) is 3.16. The monoisotopic (exact) mass is 246 g/mol. The first-order chi connectivity index (χ1) is 6.13. The average Bonchev–Trinajstić information content (AvgIpc) is 2.01. The predicted molar refractivity (Wildman–Crippen MR) is 64.9 cm³/mol. The van der Waals surface area contributed by atoms with E-state index >= 15 is 0 Å². The van der Waals surface area contributed by atoms with Gasteiger partial charge in [-0.05, 0) is 0 Å². The van der Waals surface area contributed by atoms with Gasteiger partial charge in [0.2, 0.25) is 0 Å². The molecule has 0 rings (SSSR count). The second kappa shape index (κ2) is 9.13. The molecular weight excluding hydrogens is 219 g/mol. The van der Waals surface area contributed by atoms with Gasteiger partial charge in [0.25, 0.3) is 0 Å². The van der Waals surface area contributed by atoms with Gasteiger partial charge in [0.15, 0.2) is 0 Å². The molecule has 0 spiro atoms. The Bertz CT molecular complexity index is 85.3. The molecule has 0 saturated heterocycles. The van der Waals surface area contributed by atoms with Gasteiger partial charge in [0.05, 0.1) is 0 Å². The quantitative estimate of drug-likeness (QED) is 0.446. The average molecular weight is 246 g/mol. The van der Waals surface area contributed by atoms with E-state index in [0.29, 0.717) is 15.8 Å². The van der Waals surface area contributed by atoms with E-state index in [1.165, 1.54) is 25.7 Å². The van der Waals surface area contributed by atoms with Gasteiger partial charge < -0.3 is 0 Å². The Balaban J connectivity index is 2.92. The van der Waals surface area contributed by atoms with E-state index in [2.05, 4.69) is 27.7 Å². The molecule has 0 aliphatic rings. The summed E-state index contributed by atoms with van der Waals surface area (Å²) >= 11 is 0.439. The third-order valence-corrected chi connectivity index (χ3v) is 5.24. The maximum atomic E-state index is 2.33. The van der Waals surface area contributed by atoms with Crippen LogP contribution in [-0.2, 0) is 0 Å². The van der Waals surface area contributed by atoms with E-state index < -0.39 is 0 Å².